The van der Waals surface area contributed by atoms with Gasteiger partial charge in [-0.1, -0.05) is 43.0 Å². The quantitative estimate of drug-likeness (QED) is 0.426. The van der Waals surface area contributed by atoms with E-state index in [1.807, 2.05) is 12.2 Å². The van der Waals surface area contributed by atoms with Gasteiger partial charge in [-0.25, -0.2) is 0 Å². The zero-order valence-electron chi connectivity index (χ0n) is 9.85. The Bertz CT molecular complexity index is 400. The van der Waals surface area contributed by atoms with Crippen LogP contribution >= 0.6 is 0 Å². The van der Waals surface area contributed by atoms with E-state index in [9.17, 15) is 0 Å². The zero-order chi connectivity index (χ0) is 12.0. The first-order valence-corrected chi connectivity index (χ1v) is 5.22. The molecule has 2 heteroatoms. The monoisotopic (exact) mass is 214 g/mol. The second-order valence-corrected chi connectivity index (χ2v) is 3.90. The Morgan fingerprint density at radius 1 is 1.38 bits per heavy atom. The minimum absolute atomic E-state index is 0.0939. The van der Waals surface area contributed by atoms with Crippen molar-refractivity contribution in [1.82, 2.24) is 0 Å². The zero-order valence-corrected chi connectivity index (χ0v) is 9.85. The molecule has 0 saturated heterocycles. The van der Waals surface area contributed by atoms with Gasteiger partial charge in [-0.15, -0.1) is 0 Å². The Kier molecular flexibility index (Phi) is 4.06. The molecule has 0 spiro atoms. The van der Waals surface area contributed by atoms with Gasteiger partial charge in [-0.2, -0.15) is 0 Å². The van der Waals surface area contributed by atoms with E-state index in [4.69, 9.17) is 5.73 Å². The van der Waals surface area contributed by atoms with Crippen molar-refractivity contribution >= 4 is 6.21 Å². The third-order valence-electron chi connectivity index (χ3n) is 2.35. The fourth-order valence-corrected chi connectivity index (χ4v) is 1.31. The molecule has 1 rings (SSSR count). The predicted octanol–water partition coefficient (Wildman–Crippen LogP) is 2.77. The molecule has 16 heavy (non-hydrogen) atoms. The summed E-state index contributed by atoms with van der Waals surface area (Å²) in [4.78, 5) is 3.99. The maximum absolute atomic E-state index is 5.60. The first kappa shape index (κ1) is 12.2. The minimum Gasteiger partial charge on any atom is -0.404 e. The summed E-state index contributed by atoms with van der Waals surface area (Å²) >= 11 is 0. The second-order valence-electron chi connectivity index (χ2n) is 3.90. The Labute approximate surface area is 97.3 Å². The highest BCUT2D eigenvalue weighted by Crippen LogP contribution is 2.37. The van der Waals surface area contributed by atoms with Crippen LogP contribution in [0.3, 0.4) is 0 Å². The SMILES string of the molecule is C=C\C=C/C(=C\C1(C)C=C1)C(/C=NC)=C/N. The summed E-state index contributed by atoms with van der Waals surface area (Å²) in [5, 5.41) is 0. The Hall–Kier alpha value is -1.83. The van der Waals surface area contributed by atoms with Crippen LogP contribution in [0.2, 0.25) is 0 Å². The number of hydrogen-bond acceptors (Lipinski definition) is 2. The summed E-state index contributed by atoms with van der Waals surface area (Å²) in [7, 11) is 1.73. The number of hydrogen-bond donors (Lipinski definition) is 1. The van der Waals surface area contributed by atoms with Gasteiger partial charge < -0.3 is 5.73 Å². The highest BCUT2D eigenvalue weighted by Gasteiger charge is 2.25. The highest BCUT2D eigenvalue weighted by atomic mass is 14.6. The van der Waals surface area contributed by atoms with Crippen LogP contribution in [0.25, 0.3) is 0 Å². The molecule has 0 aromatic carbocycles. The third kappa shape index (κ3) is 3.39. The summed E-state index contributed by atoms with van der Waals surface area (Å²) in [6.45, 7) is 5.81. The number of allylic oxidation sites excluding steroid dienone is 8. The van der Waals surface area contributed by atoms with Crippen LogP contribution in [0, 0.1) is 5.41 Å². The molecule has 0 amide bonds. The van der Waals surface area contributed by atoms with E-state index in [1.165, 1.54) is 0 Å². The van der Waals surface area contributed by atoms with E-state index in [2.05, 4.69) is 36.7 Å². The molecule has 84 valence electrons. The van der Waals surface area contributed by atoms with Crippen LogP contribution in [-0.4, -0.2) is 13.3 Å². The first-order chi connectivity index (χ1) is 7.65. The Morgan fingerprint density at radius 2 is 2.06 bits per heavy atom. The van der Waals surface area contributed by atoms with Gasteiger partial charge in [0.1, 0.15) is 0 Å². The predicted molar refractivity (Wildman–Crippen MR) is 71.4 cm³/mol. The lowest BCUT2D eigenvalue weighted by molar-refractivity contribution is 0.831. The normalized spacial score (nSPS) is 19.6. The van der Waals surface area contributed by atoms with Crippen LogP contribution in [0.5, 0.6) is 0 Å². The average molecular weight is 214 g/mol. The van der Waals surface area contributed by atoms with Crippen LogP contribution in [0.1, 0.15) is 6.92 Å². The van der Waals surface area contributed by atoms with Gasteiger partial charge in [0.2, 0.25) is 0 Å². The Morgan fingerprint density at radius 3 is 2.50 bits per heavy atom. The van der Waals surface area contributed by atoms with Crippen LogP contribution in [0.15, 0.2) is 65.4 Å². The van der Waals surface area contributed by atoms with Crippen molar-refractivity contribution in [3.8, 4) is 0 Å². The fourth-order valence-electron chi connectivity index (χ4n) is 1.31. The third-order valence-corrected chi connectivity index (χ3v) is 2.35. The van der Waals surface area contributed by atoms with Crippen molar-refractivity contribution in [3.63, 3.8) is 0 Å². The molecular weight excluding hydrogens is 196 g/mol. The molecule has 0 fully saturated rings. The molecule has 0 aromatic rings. The molecule has 0 bridgehead atoms. The molecule has 0 aromatic heterocycles. The molecule has 0 aliphatic heterocycles. The molecule has 0 heterocycles. The minimum atomic E-state index is 0.0939. The second kappa shape index (κ2) is 5.31. The van der Waals surface area contributed by atoms with Crippen LogP contribution < -0.4 is 5.73 Å². The highest BCUT2D eigenvalue weighted by molar-refractivity contribution is 5.86. The maximum Gasteiger partial charge on any atom is 0.0301 e. The summed E-state index contributed by atoms with van der Waals surface area (Å²) in [6, 6.07) is 0. The molecule has 2 N–H and O–H groups in total. The van der Waals surface area contributed by atoms with Gasteiger partial charge in [0.25, 0.3) is 0 Å². The first-order valence-electron chi connectivity index (χ1n) is 5.22. The molecular formula is C14H18N2. The van der Waals surface area contributed by atoms with E-state index in [0.29, 0.717) is 0 Å². The largest absolute Gasteiger partial charge is 0.404 e. The van der Waals surface area contributed by atoms with Gasteiger partial charge in [0.15, 0.2) is 0 Å². The van der Waals surface area contributed by atoms with E-state index >= 15 is 0 Å². The van der Waals surface area contributed by atoms with Crippen molar-refractivity contribution in [2.24, 2.45) is 16.1 Å². The van der Waals surface area contributed by atoms with Gasteiger partial charge >= 0.3 is 0 Å². The van der Waals surface area contributed by atoms with Crippen LogP contribution in [0.4, 0.5) is 0 Å². The summed E-state index contributed by atoms with van der Waals surface area (Å²) in [6.07, 6.45) is 15.4. The molecule has 0 radical (unpaired) electrons. The Balaban J connectivity index is 2.99. The maximum atomic E-state index is 5.60. The van der Waals surface area contributed by atoms with E-state index in [0.717, 1.165) is 11.1 Å². The van der Waals surface area contributed by atoms with E-state index in [-0.39, 0.29) is 5.41 Å². The van der Waals surface area contributed by atoms with Crippen LogP contribution in [-0.2, 0) is 0 Å². The summed E-state index contributed by atoms with van der Waals surface area (Å²) in [5.41, 5.74) is 7.66. The summed E-state index contributed by atoms with van der Waals surface area (Å²) < 4.78 is 0. The lowest BCUT2D eigenvalue weighted by atomic mass is 9.98. The molecule has 0 saturated carbocycles. The van der Waals surface area contributed by atoms with Gasteiger partial charge in [-0.05, 0) is 12.5 Å². The van der Waals surface area contributed by atoms with Crippen molar-refractivity contribution in [3.05, 3.63) is 60.4 Å². The van der Waals surface area contributed by atoms with Crippen molar-refractivity contribution < 1.29 is 0 Å². The smallest absolute Gasteiger partial charge is 0.0301 e. The number of nitrogens with zero attached hydrogens (tertiary/aromatic N) is 1. The average Bonchev–Trinajstić information content (AvgIpc) is 2.99. The number of aliphatic imine (C=N–C) groups is 1. The van der Waals surface area contributed by atoms with Gasteiger partial charge in [0, 0.05) is 30.5 Å². The number of rotatable bonds is 5. The molecule has 0 unspecified atom stereocenters. The summed E-state index contributed by atoms with van der Waals surface area (Å²) in [5.74, 6) is 0. The van der Waals surface area contributed by atoms with Crippen molar-refractivity contribution in [1.29, 1.82) is 0 Å². The standard InChI is InChI=1S/C14H18N2/c1-4-5-6-12(9-14(2)7-8-14)13(10-15)11-16-3/h4-11H,1,15H2,2-3H3/b6-5-,12-9+,13-10+,16-11?. The number of nitrogens with two attached hydrogens (primary N) is 1. The van der Waals surface area contributed by atoms with Gasteiger partial charge in [-0.3, -0.25) is 4.99 Å². The van der Waals surface area contributed by atoms with Crippen molar-refractivity contribution in [2.75, 3.05) is 7.05 Å². The lowest BCUT2D eigenvalue weighted by Crippen LogP contribution is -1.98. The van der Waals surface area contributed by atoms with Crippen molar-refractivity contribution in [2.45, 2.75) is 6.92 Å². The molecule has 1 aliphatic rings. The molecule has 0 atom stereocenters. The topological polar surface area (TPSA) is 38.4 Å². The van der Waals surface area contributed by atoms with Gasteiger partial charge in [0.05, 0.1) is 0 Å². The molecule has 1 aliphatic carbocycles. The van der Waals surface area contributed by atoms with E-state index in [1.54, 1.807) is 25.5 Å². The van der Waals surface area contributed by atoms with E-state index < -0.39 is 0 Å². The fraction of sp³-hybridized carbons (Fsp3) is 0.214. The molecule has 2 nitrogen and oxygen atoms in total. The lowest BCUT2D eigenvalue weighted by Gasteiger charge is -2.07.